The summed E-state index contributed by atoms with van der Waals surface area (Å²) < 4.78 is 11.2. The van der Waals surface area contributed by atoms with Crippen LogP contribution >= 0.6 is 0 Å². The molecule has 4 rings (SSSR count). The molecule has 36 heavy (non-hydrogen) atoms. The first-order valence-electron chi connectivity index (χ1n) is 12.6. The predicted octanol–water partition coefficient (Wildman–Crippen LogP) is 3.88. The molecule has 2 aliphatic rings. The maximum atomic E-state index is 13.3. The van der Waals surface area contributed by atoms with E-state index in [2.05, 4.69) is 4.90 Å². The number of benzene rings is 2. The number of nitrogens with zero attached hydrogens (tertiary/aromatic N) is 2. The van der Waals surface area contributed by atoms with Gasteiger partial charge in [-0.15, -0.1) is 0 Å². The molecule has 2 N–H and O–H groups in total. The number of ether oxygens (including phenoxy) is 2. The second-order valence-electron chi connectivity index (χ2n) is 8.95. The lowest BCUT2D eigenvalue weighted by molar-refractivity contribution is -0.140. The van der Waals surface area contributed by atoms with Crippen LogP contribution in [0.3, 0.4) is 0 Å². The summed E-state index contributed by atoms with van der Waals surface area (Å²) in [5, 5.41) is 21.6. The van der Waals surface area contributed by atoms with Crippen LogP contribution < -0.4 is 9.47 Å². The number of carbonyl (C=O) groups excluding carboxylic acids is 2. The quantitative estimate of drug-likeness (QED) is 0.310. The molecule has 1 amide bonds. The Morgan fingerprint density at radius 2 is 1.92 bits per heavy atom. The number of ketones is 1. The molecule has 2 heterocycles. The second-order valence-corrected chi connectivity index (χ2v) is 8.95. The zero-order valence-electron chi connectivity index (χ0n) is 21.1. The molecule has 1 saturated heterocycles. The Kier molecular flexibility index (Phi) is 7.84. The van der Waals surface area contributed by atoms with E-state index in [9.17, 15) is 19.8 Å². The average Bonchev–Trinajstić information content (AvgIpc) is 3.15. The Morgan fingerprint density at radius 1 is 1.14 bits per heavy atom. The van der Waals surface area contributed by atoms with Gasteiger partial charge in [-0.25, -0.2) is 0 Å². The summed E-state index contributed by atoms with van der Waals surface area (Å²) in [6.07, 6.45) is 1.69. The van der Waals surface area contributed by atoms with Crippen molar-refractivity contribution >= 4 is 17.4 Å². The van der Waals surface area contributed by atoms with Gasteiger partial charge in [0.15, 0.2) is 11.5 Å². The van der Waals surface area contributed by atoms with Crippen molar-refractivity contribution in [3.63, 3.8) is 0 Å². The third-order valence-corrected chi connectivity index (χ3v) is 6.87. The average molecular weight is 495 g/mol. The topological polar surface area (TPSA) is 99.5 Å². The Labute approximate surface area is 211 Å². The molecule has 0 radical (unpaired) electrons. The van der Waals surface area contributed by atoms with Crippen LogP contribution in [0.25, 0.3) is 5.76 Å². The Hall–Kier alpha value is -3.52. The molecule has 8 heteroatoms. The molecule has 0 aliphatic carbocycles. The van der Waals surface area contributed by atoms with Crippen LogP contribution in [-0.4, -0.2) is 71.1 Å². The Morgan fingerprint density at radius 3 is 2.64 bits per heavy atom. The van der Waals surface area contributed by atoms with Gasteiger partial charge in [-0.3, -0.25) is 9.59 Å². The number of amides is 1. The van der Waals surface area contributed by atoms with E-state index >= 15 is 0 Å². The molecule has 0 saturated carbocycles. The molecular formula is C28H34N2O6. The number of fused-ring (bicyclic) bond motifs is 1. The van der Waals surface area contributed by atoms with E-state index in [1.54, 1.807) is 24.3 Å². The summed E-state index contributed by atoms with van der Waals surface area (Å²) in [5.74, 6) is -0.597. The zero-order chi connectivity index (χ0) is 25.8. The molecule has 2 aromatic rings. The van der Waals surface area contributed by atoms with Crippen LogP contribution in [0.2, 0.25) is 0 Å². The summed E-state index contributed by atoms with van der Waals surface area (Å²) in [6.45, 7) is 9.43. The van der Waals surface area contributed by atoms with Crippen molar-refractivity contribution in [2.45, 2.75) is 39.7 Å². The number of hydrogen-bond donors (Lipinski definition) is 2. The number of phenolic OH excluding ortho intramolecular Hbond substituents is 1. The van der Waals surface area contributed by atoms with E-state index < -0.39 is 17.7 Å². The van der Waals surface area contributed by atoms with Crippen molar-refractivity contribution in [2.75, 3.05) is 39.4 Å². The minimum absolute atomic E-state index is 0.0318. The van der Waals surface area contributed by atoms with Gasteiger partial charge in [0.25, 0.3) is 11.7 Å². The molecule has 192 valence electrons. The lowest BCUT2D eigenvalue weighted by Gasteiger charge is -2.28. The van der Waals surface area contributed by atoms with Crippen molar-refractivity contribution in [3.8, 4) is 17.2 Å². The van der Waals surface area contributed by atoms with E-state index in [1.165, 1.54) is 11.0 Å². The molecule has 1 atom stereocenters. The van der Waals surface area contributed by atoms with E-state index in [0.717, 1.165) is 37.2 Å². The first kappa shape index (κ1) is 25.6. The van der Waals surface area contributed by atoms with Gasteiger partial charge in [-0.05, 0) is 74.3 Å². The van der Waals surface area contributed by atoms with Gasteiger partial charge in [0.05, 0.1) is 24.8 Å². The van der Waals surface area contributed by atoms with Gasteiger partial charge >= 0.3 is 0 Å². The summed E-state index contributed by atoms with van der Waals surface area (Å²) in [7, 11) is 0. The van der Waals surface area contributed by atoms with E-state index in [-0.39, 0.29) is 22.8 Å². The van der Waals surface area contributed by atoms with Gasteiger partial charge in [0.2, 0.25) is 0 Å². The summed E-state index contributed by atoms with van der Waals surface area (Å²) in [5.41, 5.74) is 2.04. The maximum Gasteiger partial charge on any atom is 0.295 e. The fourth-order valence-electron chi connectivity index (χ4n) is 4.88. The number of rotatable bonds is 9. The molecule has 1 fully saturated rings. The summed E-state index contributed by atoms with van der Waals surface area (Å²) in [4.78, 5) is 30.3. The monoisotopic (exact) mass is 494 g/mol. The number of aromatic hydroxyl groups is 1. The molecule has 0 bridgehead atoms. The largest absolute Gasteiger partial charge is 0.507 e. The molecule has 2 aliphatic heterocycles. The minimum atomic E-state index is -0.812. The third-order valence-electron chi connectivity index (χ3n) is 6.87. The third kappa shape index (κ3) is 4.91. The standard InChI is InChI=1S/C28H34N2O6/c1-4-29(5-2)13-14-30-25(19-9-11-21(31)23(17-19)35-6-3)24(27(33)28(30)34)26(32)20-10-12-22-18(16-20)8-7-15-36-22/h9-12,16-17,25,31-32H,4-8,13-15H2,1-3H3/b26-24+. The highest BCUT2D eigenvalue weighted by molar-refractivity contribution is 6.46. The predicted molar refractivity (Wildman–Crippen MR) is 136 cm³/mol. The smallest absolute Gasteiger partial charge is 0.295 e. The SMILES string of the molecule is CCOc1cc(C2/C(=C(\O)c3ccc4c(c3)CCCO4)C(=O)C(=O)N2CCN(CC)CC)ccc1O. The van der Waals surface area contributed by atoms with Gasteiger partial charge in [-0.1, -0.05) is 19.9 Å². The Balaban J connectivity index is 1.82. The fraction of sp³-hybridized carbons (Fsp3) is 0.429. The highest BCUT2D eigenvalue weighted by Crippen LogP contribution is 2.42. The zero-order valence-corrected chi connectivity index (χ0v) is 21.1. The molecule has 0 spiro atoms. The van der Waals surface area contributed by atoms with Gasteiger partial charge in [-0.2, -0.15) is 0 Å². The first-order valence-corrected chi connectivity index (χ1v) is 12.6. The van der Waals surface area contributed by atoms with Crippen molar-refractivity contribution in [2.24, 2.45) is 0 Å². The number of hydrogen-bond acceptors (Lipinski definition) is 7. The van der Waals surface area contributed by atoms with Crippen LogP contribution in [0.5, 0.6) is 17.2 Å². The fourth-order valence-corrected chi connectivity index (χ4v) is 4.88. The number of aliphatic hydroxyl groups excluding tert-OH is 1. The number of phenols is 1. The molecule has 1 unspecified atom stereocenters. The van der Waals surface area contributed by atoms with Crippen molar-refractivity contribution < 1.29 is 29.3 Å². The first-order chi connectivity index (χ1) is 17.4. The summed E-state index contributed by atoms with van der Waals surface area (Å²) in [6, 6.07) is 9.30. The number of Topliss-reactive ketones (excluding diaryl/α,β-unsaturated/α-hetero) is 1. The number of aliphatic hydroxyl groups is 1. The lowest BCUT2D eigenvalue weighted by atomic mass is 9.93. The van der Waals surface area contributed by atoms with Crippen LogP contribution in [0, 0.1) is 0 Å². The van der Waals surface area contributed by atoms with E-state index in [0.29, 0.717) is 37.4 Å². The molecule has 0 aromatic heterocycles. The highest BCUT2D eigenvalue weighted by atomic mass is 16.5. The highest BCUT2D eigenvalue weighted by Gasteiger charge is 2.46. The number of aryl methyl sites for hydroxylation is 1. The maximum absolute atomic E-state index is 13.3. The number of carbonyl (C=O) groups is 2. The van der Waals surface area contributed by atoms with Crippen LogP contribution in [0.1, 0.15) is 49.9 Å². The van der Waals surface area contributed by atoms with Crippen LogP contribution in [0.15, 0.2) is 42.0 Å². The summed E-state index contributed by atoms with van der Waals surface area (Å²) >= 11 is 0. The Bertz CT molecular complexity index is 1170. The van der Waals surface area contributed by atoms with Crippen molar-refractivity contribution in [3.05, 3.63) is 58.7 Å². The number of likely N-dealkylation sites (N-methyl/N-ethyl adjacent to an activating group) is 1. The molecule has 8 nitrogen and oxygen atoms in total. The lowest BCUT2D eigenvalue weighted by Crippen LogP contribution is -2.38. The van der Waals surface area contributed by atoms with Gasteiger partial charge < -0.3 is 29.5 Å². The van der Waals surface area contributed by atoms with Crippen LogP contribution in [0.4, 0.5) is 0 Å². The second kappa shape index (κ2) is 11.0. The van der Waals surface area contributed by atoms with Gasteiger partial charge in [0.1, 0.15) is 11.5 Å². The van der Waals surface area contributed by atoms with E-state index in [4.69, 9.17) is 9.47 Å². The van der Waals surface area contributed by atoms with Crippen molar-refractivity contribution in [1.82, 2.24) is 9.80 Å². The molecular weight excluding hydrogens is 460 g/mol. The minimum Gasteiger partial charge on any atom is -0.507 e. The van der Waals surface area contributed by atoms with Gasteiger partial charge in [0, 0.05) is 18.7 Å². The van der Waals surface area contributed by atoms with E-state index in [1.807, 2.05) is 26.8 Å². The van der Waals surface area contributed by atoms with Crippen LogP contribution in [-0.2, 0) is 16.0 Å². The number of likely N-dealkylation sites (tertiary alicyclic amines) is 1. The molecule has 2 aromatic carbocycles. The van der Waals surface area contributed by atoms with Crippen molar-refractivity contribution in [1.29, 1.82) is 0 Å². The normalized spacial score (nSPS) is 18.9.